The van der Waals surface area contributed by atoms with Crippen molar-refractivity contribution in [1.82, 2.24) is 0 Å². The highest BCUT2D eigenvalue weighted by atomic mass is 19.1. The molecular formula is C17H17F. The minimum Gasteiger partial charge on any atom is -0.206 e. The summed E-state index contributed by atoms with van der Waals surface area (Å²) in [6, 6.07) is 13.8. The molecule has 0 saturated heterocycles. The number of benzene rings is 2. The molecule has 0 nitrogen and oxygen atoms in total. The average molecular weight is 240 g/mol. The van der Waals surface area contributed by atoms with Crippen LogP contribution in [0, 0.1) is 5.82 Å². The SMILES string of the molecule is CCc1ccc(F)c(-c2ccc(C3CC3)cc2)c1. The van der Waals surface area contributed by atoms with E-state index in [-0.39, 0.29) is 5.82 Å². The zero-order chi connectivity index (χ0) is 12.5. The highest BCUT2D eigenvalue weighted by Crippen LogP contribution is 2.40. The molecule has 0 aliphatic heterocycles. The van der Waals surface area contributed by atoms with E-state index in [9.17, 15) is 4.39 Å². The predicted octanol–water partition coefficient (Wildman–Crippen LogP) is 4.93. The molecule has 0 amide bonds. The van der Waals surface area contributed by atoms with Gasteiger partial charge in [-0.3, -0.25) is 0 Å². The van der Waals surface area contributed by atoms with Crippen LogP contribution in [0.15, 0.2) is 42.5 Å². The molecular weight excluding hydrogens is 223 g/mol. The van der Waals surface area contributed by atoms with Crippen LogP contribution in [0.5, 0.6) is 0 Å². The molecule has 0 unspecified atom stereocenters. The van der Waals surface area contributed by atoms with E-state index in [1.165, 1.54) is 24.0 Å². The van der Waals surface area contributed by atoms with Crippen molar-refractivity contribution in [3.63, 3.8) is 0 Å². The molecule has 92 valence electrons. The van der Waals surface area contributed by atoms with Crippen LogP contribution >= 0.6 is 0 Å². The summed E-state index contributed by atoms with van der Waals surface area (Å²) in [5.74, 6) is 0.622. The Hall–Kier alpha value is -1.63. The molecule has 1 heteroatoms. The van der Waals surface area contributed by atoms with Crippen LogP contribution in [0.4, 0.5) is 4.39 Å². The molecule has 1 fully saturated rings. The highest BCUT2D eigenvalue weighted by Gasteiger charge is 2.23. The number of hydrogen-bond donors (Lipinski definition) is 0. The molecule has 0 N–H and O–H groups in total. The van der Waals surface area contributed by atoms with Crippen molar-refractivity contribution < 1.29 is 4.39 Å². The summed E-state index contributed by atoms with van der Waals surface area (Å²) in [6.45, 7) is 2.09. The second kappa shape index (κ2) is 4.56. The van der Waals surface area contributed by atoms with Crippen molar-refractivity contribution in [3.8, 4) is 11.1 Å². The van der Waals surface area contributed by atoms with Crippen molar-refractivity contribution >= 4 is 0 Å². The van der Waals surface area contributed by atoms with Crippen molar-refractivity contribution in [1.29, 1.82) is 0 Å². The van der Waals surface area contributed by atoms with E-state index in [1.54, 1.807) is 6.07 Å². The van der Waals surface area contributed by atoms with Gasteiger partial charge in [-0.15, -0.1) is 0 Å². The second-order valence-electron chi connectivity index (χ2n) is 5.06. The van der Waals surface area contributed by atoms with E-state index in [4.69, 9.17) is 0 Å². The summed E-state index contributed by atoms with van der Waals surface area (Å²) in [5, 5.41) is 0. The molecule has 1 aliphatic rings. The predicted molar refractivity (Wildman–Crippen MR) is 73.2 cm³/mol. The first-order valence-electron chi connectivity index (χ1n) is 6.66. The number of halogens is 1. The zero-order valence-electron chi connectivity index (χ0n) is 10.6. The standard InChI is InChI=1S/C17H17F/c1-2-12-3-10-17(18)16(11-12)15-8-6-14(7-9-15)13-4-5-13/h3,6-11,13H,2,4-5H2,1H3. The van der Waals surface area contributed by atoms with Crippen LogP contribution < -0.4 is 0 Å². The maximum Gasteiger partial charge on any atom is 0.131 e. The Morgan fingerprint density at radius 2 is 1.78 bits per heavy atom. The molecule has 0 spiro atoms. The first-order chi connectivity index (χ1) is 8.78. The first-order valence-corrected chi connectivity index (χ1v) is 6.66. The second-order valence-corrected chi connectivity index (χ2v) is 5.06. The lowest BCUT2D eigenvalue weighted by molar-refractivity contribution is 0.630. The van der Waals surface area contributed by atoms with Gasteiger partial charge in [-0.05, 0) is 54.0 Å². The van der Waals surface area contributed by atoms with Crippen molar-refractivity contribution in [2.75, 3.05) is 0 Å². The van der Waals surface area contributed by atoms with Crippen LogP contribution in [-0.2, 0) is 6.42 Å². The molecule has 3 rings (SSSR count). The van der Waals surface area contributed by atoms with E-state index in [0.717, 1.165) is 23.5 Å². The molecule has 0 aromatic heterocycles. The van der Waals surface area contributed by atoms with Gasteiger partial charge in [-0.25, -0.2) is 4.39 Å². The molecule has 0 radical (unpaired) electrons. The highest BCUT2D eigenvalue weighted by molar-refractivity contribution is 5.65. The van der Waals surface area contributed by atoms with E-state index < -0.39 is 0 Å². The largest absolute Gasteiger partial charge is 0.206 e. The van der Waals surface area contributed by atoms with E-state index >= 15 is 0 Å². The minimum absolute atomic E-state index is 0.133. The Labute approximate surface area is 107 Å². The van der Waals surface area contributed by atoms with Gasteiger partial charge < -0.3 is 0 Å². The summed E-state index contributed by atoms with van der Waals surface area (Å²) in [5.41, 5.74) is 4.27. The van der Waals surface area contributed by atoms with Crippen LogP contribution in [-0.4, -0.2) is 0 Å². The first kappa shape index (κ1) is 11.5. The Morgan fingerprint density at radius 3 is 2.39 bits per heavy atom. The quantitative estimate of drug-likeness (QED) is 0.713. The lowest BCUT2D eigenvalue weighted by atomic mass is 9.99. The van der Waals surface area contributed by atoms with Gasteiger partial charge >= 0.3 is 0 Å². The van der Waals surface area contributed by atoms with Gasteiger partial charge in [0.2, 0.25) is 0 Å². The Bertz CT molecular complexity index is 550. The fourth-order valence-electron chi connectivity index (χ4n) is 2.37. The van der Waals surface area contributed by atoms with Crippen LogP contribution in [0.2, 0.25) is 0 Å². The summed E-state index contributed by atoms with van der Waals surface area (Å²) >= 11 is 0. The van der Waals surface area contributed by atoms with Gasteiger partial charge in [0.05, 0.1) is 0 Å². The fourth-order valence-corrected chi connectivity index (χ4v) is 2.37. The summed E-state index contributed by atoms with van der Waals surface area (Å²) in [6.07, 6.45) is 3.55. The molecule has 1 aliphatic carbocycles. The third kappa shape index (κ3) is 2.17. The van der Waals surface area contributed by atoms with Gasteiger partial charge in [0.15, 0.2) is 0 Å². The monoisotopic (exact) mass is 240 g/mol. The third-order valence-electron chi connectivity index (χ3n) is 3.71. The molecule has 0 atom stereocenters. The van der Waals surface area contributed by atoms with Crippen LogP contribution in [0.3, 0.4) is 0 Å². The maximum absolute atomic E-state index is 13.9. The third-order valence-corrected chi connectivity index (χ3v) is 3.71. The van der Waals surface area contributed by atoms with Crippen molar-refractivity contribution in [2.24, 2.45) is 0 Å². The summed E-state index contributed by atoms with van der Waals surface area (Å²) in [4.78, 5) is 0. The van der Waals surface area contributed by atoms with Gasteiger partial charge in [0.1, 0.15) is 5.82 Å². The number of hydrogen-bond acceptors (Lipinski definition) is 0. The lowest BCUT2D eigenvalue weighted by Crippen LogP contribution is -1.89. The number of rotatable bonds is 3. The summed E-state index contributed by atoms with van der Waals surface area (Å²) < 4.78 is 13.9. The van der Waals surface area contributed by atoms with Gasteiger partial charge in [-0.1, -0.05) is 37.3 Å². The smallest absolute Gasteiger partial charge is 0.131 e. The summed E-state index contributed by atoms with van der Waals surface area (Å²) in [7, 11) is 0. The van der Waals surface area contributed by atoms with Gasteiger partial charge in [-0.2, -0.15) is 0 Å². The molecule has 0 heterocycles. The van der Waals surface area contributed by atoms with Gasteiger partial charge in [0.25, 0.3) is 0 Å². The molecule has 18 heavy (non-hydrogen) atoms. The van der Waals surface area contributed by atoms with Crippen molar-refractivity contribution in [3.05, 3.63) is 59.4 Å². The van der Waals surface area contributed by atoms with E-state index in [1.807, 2.05) is 24.3 Å². The molecule has 2 aromatic carbocycles. The lowest BCUT2D eigenvalue weighted by Gasteiger charge is -2.07. The Morgan fingerprint density at radius 1 is 1.06 bits per heavy atom. The van der Waals surface area contributed by atoms with E-state index in [0.29, 0.717) is 0 Å². The average Bonchev–Trinajstić information content (AvgIpc) is 3.24. The fraction of sp³-hybridized carbons (Fsp3) is 0.294. The topological polar surface area (TPSA) is 0 Å². The van der Waals surface area contributed by atoms with Gasteiger partial charge in [0, 0.05) is 5.56 Å². The number of aryl methyl sites for hydroxylation is 1. The Balaban J connectivity index is 1.97. The molecule has 1 saturated carbocycles. The molecule has 2 aromatic rings. The maximum atomic E-state index is 13.9. The molecule has 0 bridgehead atoms. The minimum atomic E-state index is -0.133. The van der Waals surface area contributed by atoms with Crippen molar-refractivity contribution in [2.45, 2.75) is 32.1 Å². The Kier molecular flexibility index (Phi) is 2.91. The zero-order valence-corrected chi connectivity index (χ0v) is 10.6. The van der Waals surface area contributed by atoms with E-state index in [2.05, 4.69) is 19.1 Å². The van der Waals surface area contributed by atoms with Crippen LogP contribution in [0.25, 0.3) is 11.1 Å². The van der Waals surface area contributed by atoms with Crippen LogP contribution in [0.1, 0.15) is 36.8 Å². The normalized spacial score (nSPS) is 14.8.